The number of nitrogens with two attached hydrogens (primary N) is 1. The number of H-pyrrole nitrogens is 1. The summed E-state index contributed by atoms with van der Waals surface area (Å²) in [5.41, 5.74) is 3.24. The Hall–Kier alpha value is -1.38. The van der Waals surface area contributed by atoms with Crippen LogP contribution in [-0.2, 0) is 11.3 Å². The Kier molecular flexibility index (Phi) is 6.30. The molecule has 5 N–H and O–H groups in total. The Morgan fingerprint density at radius 1 is 1.71 bits per heavy atom. The van der Waals surface area contributed by atoms with Crippen molar-refractivity contribution in [3.8, 4) is 0 Å². The van der Waals surface area contributed by atoms with E-state index < -0.39 is 0 Å². The Morgan fingerprint density at radius 2 is 2.53 bits per heavy atom. The van der Waals surface area contributed by atoms with Crippen LogP contribution in [0.25, 0.3) is 0 Å². The highest BCUT2D eigenvalue weighted by molar-refractivity contribution is 7.07. The predicted octanol–water partition coefficient (Wildman–Crippen LogP) is -0.618. The van der Waals surface area contributed by atoms with Gasteiger partial charge in [0.1, 0.15) is 0 Å². The zero-order valence-electron chi connectivity index (χ0n) is 9.66. The summed E-state index contributed by atoms with van der Waals surface area (Å²) in [5, 5.41) is 4.77. The lowest BCUT2D eigenvalue weighted by molar-refractivity contribution is 0.195. The number of aromatic amines is 1. The molecule has 0 aliphatic rings. The van der Waals surface area contributed by atoms with E-state index in [2.05, 4.69) is 20.7 Å². The highest BCUT2D eigenvalue weighted by Crippen LogP contribution is 1.97. The maximum absolute atomic E-state index is 10.9. The summed E-state index contributed by atoms with van der Waals surface area (Å²) in [6.07, 6.45) is 0.868. The van der Waals surface area contributed by atoms with Crippen LogP contribution < -0.4 is 21.5 Å². The quantitative estimate of drug-likeness (QED) is 0.179. The molecule has 0 amide bonds. The molecular formula is C9H17N5O2S. The smallest absolute Gasteiger partial charge is 0.304 e. The first-order valence-corrected chi connectivity index (χ1v) is 6.04. The third kappa shape index (κ3) is 5.48. The summed E-state index contributed by atoms with van der Waals surface area (Å²) in [6, 6.07) is 0. The third-order valence-corrected chi connectivity index (χ3v) is 2.65. The van der Waals surface area contributed by atoms with Crippen LogP contribution in [0.1, 0.15) is 12.1 Å². The molecule has 0 atom stereocenters. The van der Waals surface area contributed by atoms with Gasteiger partial charge in [-0.2, -0.15) is 0 Å². The molecule has 1 aromatic heterocycles. The molecule has 0 spiro atoms. The number of methoxy groups -OCH3 is 1. The number of aliphatic imine (C=N–C) groups is 1. The second-order valence-corrected chi connectivity index (χ2v) is 4.10. The molecule has 0 saturated carbocycles. The summed E-state index contributed by atoms with van der Waals surface area (Å²) >= 11 is 1.12. The van der Waals surface area contributed by atoms with Gasteiger partial charge in [0.25, 0.3) is 0 Å². The van der Waals surface area contributed by atoms with Crippen LogP contribution in [0.4, 0.5) is 0 Å². The van der Waals surface area contributed by atoms with Gasteiger partial charge >= 0.3 is 4.87 Å². The van der Waals surface area contributed by atoms with Crippen molar-refractivity contribution in [2.75, 3.05) is 20.3 Å². The lowest BCUT2D eigenvalue weighted by atomic mass is 10.4. The summed E-state index contributed by atoms with van der Waals surface area (Å²) in [7, 11) is 1.66. The van der Waals surface area contributed by atoms with E-state index in [1.54, 1.807) is 12.5 Å². The van der Waals surface area contributed by atoms with Crippen LogP contribution in [0.5, 0.6) is 0 Å². The van der Waals surface area contributed by atoms with Gasteiger partial charge in [-0.1, -0.05) is 11.3 Å². The van der Waals surface area contributed by atoms with Crippen molar-refractivity contribution in [3.05, 3.63) is 20.7 Å². The monoisotopic (exact) mass is 259 g/mol. The van der Waals surface area contributed by atoms with Gasteiger partial charge in [-0.3, -0.25) is 10.2 Å². The SMILES string of the molecule is COCCCNC(=NCc1csc(=O)[nH]1)NN. The molecule has 1 aromatic rings. The fraction of sp³-hybridized carbons (Fsp3) is 0.556. The highest BCUT2D eigenvalue weighted by Gasteiger charge is 1.98. The van der Waals surface area contributed by atoms with Gasteiger partial charge in [0, 0.05) is 25.6 Å². The molecule has 0 saturated heterocycles. The molecule has 0 radical (unpaired) electrons. The van der Waals surface area contributed by atoms with E-state index in [-0.39, 0.29) is 4.87 Å². The molecule has 0 aromatic carbocycles. The highest BCUT2D eigenvalue weighted by atomic mass is 32.1. The summed E-state index contributed by atoms with van der Waals surface area (Å²) in [6.45, 7) is 1.79. The van der Waals surface area contributed by atoms with Gasteiger partial charge < -0.3 is 15.0 Å². The number of guanidine groups is 1. The molecular weight excluding hydrogens is 242 g/mol. The van der Waals surface area contributed by atoms with Crippen LogP contribution in [0.15, 0.2) is 15.2 Å². The molecule has 0 fully saturated rings. The summed E-state index contributed by atoms with van der Waals surface area (Å²) in [5.74, 6) is 5.81. The second-order valence-electron chi connectivity index (χ2n) is 3.26. The van der Waals surface area contributed by atoms with Crippen LogP contribution in [0.3, 0.4) is 0 Å². The van der Waals surface area contributed by atoms with E-state index in [1.165, 1.54) is 0 Å². The van der Waals surface area contributed by atoms with Crippen LogP contribution in [0.2, 0.25) is 0 Å². The number of ether oxygens (including phenoxy) is 1. The van der Waals surface area contributed by atoms with Crippen molar-refractivity contribution in [2.45, 2.75) is 13.0 Å². The van der Waals surface area contributed by atoms with Gasteiger partial charge in [0.05, 0.1) is 12.2 Å². The van der Waals surface area contributed by atoms with E-state index in [1.807, 2.05) is 0 Å². The zero-order chi connectivity index (χ0) is 12.5. The second kappa shape index (κ2) is 7.82. The van der Waals surface area contributed by atoms with Crippen molar-refractivity contribution >= 4 is 17.3 Å². The average molecular weight is 259 g/mol. The minimum absolute atomic E-state index is 0.0782. The Bertz CT molecular complexity index is 400. The molecule has 0 aliphatic carbocycles. The minimum Gasteiger partial charge on any atom is -0.385 e. The van der Waals surface area contributed by atoms with Crippen LogP contribution >= 0.6 is 11.3 Å². The van der Waals surface area contributed by atoms with Gasteiger partial charge in [-0.25, -0.2) is 10.8 Å². The number of aromatic nitrogens is 1. The number of rotatable bonds is 6. The Morgan fingerprint density at radius 3 is 3.12 bits per heavy atom. The maximum Gasteiger partial charge on any atom is 0.304 e. The maximum atomic E-state index is 10.9. The fourth-order valence-electron chi connectivity index (χ4n) is 1.13. The molecule has 17 heavy (non-hydrogen) atoms. The number of hydrogen-bond acceptors (Lipinski definition) is 5. The molecule has 0 bridgehead atoms. The Labute approximate surface area is 103 Å². The zero-order valence-corrected chi connectivity index (χ0v) is 10.5. The third-order valence-electron chi connectivity index (χ3n) is 1.93. The van der Waals surface area contributed by atoms with E-state index in [0.29, 0.717) is 19.1 Å². The lowest BCUT2D eigenvalue weighted by Crippen LogP contribution is -2.42. The van der Waals surface area contributed by atoms with Crippen LogP contribution in [0, 0.1) is 0 Å². The predicted molar refractivity (Wildman–Crippen MR) is 67.9 cm³/mol. The van der Waals surface area contributed by atoms with Gasteiger partial charge in [0.2, 0.25) is 5.96 Å². The van der Waals surface area contributed by atoms with Crippen molar-refractivity contribution in [3.63, 3.8) is 0 Å². The van der Waals surface area contributed by atoms with Crippen molar-refractivity contribution in [2.24, 2.45) is 10.8 Å². The number of thiazole rings is 1. The Balaban J connectivity index is 2.36. The fourth-order valence-corrected chi connectivity index (χ4v) is 1.70. The van der Waals surface area contributed by atoms with Gasteiger partial charge in [-0.05, 0) is 6.42 Å². The first-order valence-electron chi connectivity index (χ1n) is 5.17. The number of nitrogens with one attached hydrogen (secondary N) is 3. The number of hydrogen-bond donors (Lipinski definition) is 4. The lowest BCUT2D eigenvalue weighted by Gasteiger charge is -2.08. The normalized spacial score (nSPS) is 11.5. The molecule has 1 heterocycles. The molecule has 7 nitrogen and oxygen atoms in total. The number of nitrogens with zero attached hydrogens (tertiary/aromatic N) is 1. The molecule has 0 aliphatic heterocycles. The molecule has 8 heteroatoms. The van der Waals surface area contributed by atoms with Crippen molar-refractivity contribution in [1.82, 2.24) is 15.7 Å². The van der Waals surface area contributed by atoms with E-state index >= 15 is 0 Å². The number of hydrazine groups is 1. The molecule has 96 valence electrons. The minimum atomic E-state index is -0.0782. The molecule has 0 unspecified atom stereocenters. The van der Waals surface area contributed by atoms with Gasteiger partial charge in [-0.15, -0.1) is 0 Å². The summed E-state index contributed by atoms with van der Waals surface area (Å²) in [4.78, 5) is 17.7. The van der Waals surface area contributed by atoms with E-state index in [4.69, 9.17) is 10.6 Å². The van der Waals surface area contributed by atoms with Crippen molar-refractivity contribution in [1.29, 1.82) is 0 Å². The largest absolute Gasteiger partial charge is 0.385 e. The van der Waals surface area contributed by atoms with Crippen molar-refractivity contribution < 1.29 is 4.74 Å². The van der Waals surface area contributed by atoms with Crippen LogP contribution in [-0.4, -0.2) is 31.2 Å². The molecule has 1 rings (SSSR count). The first-order chi connectivity index (χ1) is 8.26. The summed E-state index contributed by atoms with van der Waals surface area (Å²) < 4.78 is 4.92. The van der Waals surface area contributed by atoms with E-state index in [9.17, 15) is 4.79 Å². The first kappa shape index (κ1) is 13.7. The standard InChI is InChI=1S/C9H17N5O2S/c1-16-4-2-3-11-8(14-10)12-5-7-6-17-9(15)13-7/h6H,2-5,10H2,1H3,(H,13,15)(H2,11,12,14). The topological polar surface area (TPSA) is 105 Å². The van der Waals surface area contributed by atoms with Gasteiger partial charge in [0.15, 0.2) is 0 Å². The van der Waals surface area contributed by atoms with E-state index in [0.717, 1.165) is 30.0 Å². The average Bonchev–Trinajstić information content (AvgIpc) is 2.74.